The Morgan fingerprint density at radius 3 is 2.52 bits per heavy atom. The zero-order chi connectivity index (χ0) is 15.9. The van der Waals surface area contributed by atoms with Gasteiger partial charge in [0.2, 0.25) is 5.91 Å². The van der Waals surface area contributed by atoms with Crippen LogP contribution in [0.15, 0.2) is 60.8 Å². The number of carbonyl (C=O) groups excluding carboxylic acids is 1. The summed E-state index contributed by atoms with van der Waals surface area (Å²) in [6.45, 7) is 1.45. The van der Waals surface area contributed by atoms with Crippen LogP contribution in [-0.2, 0) is 4.79 Å². The number of nitrogens with zero attached hydrogens (tertiary/aromatic N) is 2. The molecule has 1 saturated heterocycles. The summed E-state index contributed by atoms with van der Waals surface area (Å²) in [7, 11) is 0. The first-order valence-corrected chi connectivity index (χ1v) is 7.91. The number of benzene rings is 1. The first-order valence-electron chi connectivity index (χ1n) is 7.91. The fourth-order valence-electron chi connectivity index (χ4n) is 2.62. The number of piperidine rings is 1. The van der Waals surface area contributed by atoms with E-state index in [1.807, 2.05) is 53.4 Å². The molecule has 1 aromatic heterocycles. The molecular weight excluding hydrogens is 288 g/mol. The zero-order valence-electron chi connectivity index (χ0n) is 13.0. The van der Waals surface area contributed by atoms with Crippen molar-refractivity contribution in [2.24, 2.45) is 0 Å². The number of likely N-dealkylation sites (tertiary alicyclic amines) is 1. The number of amides is 1. The van der Waals surface area contributed by atoms with Gasteiger partial charge in [0.05, 0.1) is 5.69 Å². The monoisotopic (exact) mass is 308 g/mol. The first kappa shape index (κ1) is 15.3. The Hall–Kier alpha value is -2.62. The van der Waals surface area contributed by atoms with E-state index in [0.29, 0.717) is 0 Å². The highest BCUT2D eigenvalue weighted by atomic mass is 16.5. The van der Waals surface area contributed by atoms with Crippen LogP contribution in [0.2, 0.25) is 0 Å². The SMILES string of the molecule is O=C(C=Cc1ccccn1)N1CCC(Oc2ccccc2)CC1. The molecule has 118 valence electrons. The zero-order valence-corrected chi connectivity index (χ0v) is 13.0. The molecule has 1 aromatic carbocycles. The van der Waals surface area contributed by atoms with E-state index in [4.69, 9.17) is 4.74 Å². The molecule has 1 fully saturated rings. The van der Waals surface area contributed by atoms with Crippen molar-refractivity contribution in [3.63, 3.8) is 0 Å². The lowest BCUT2D eigenvalue weighted by atomic mass is 10.1. The van der Waals surface area contributed by atoms with Crippen LogP contribution in [0.1, 0.15) is 18.5 Å². The summed E-state index contributed by atoms with van der Waals surface area (Å²) >= 11 is 0. The molecule has 1 amide bonds. The van der Waals surface area contributed by atoms with E-state index in [2.05, 4.69) is 4.98 Å². The minimum absolute atomic E-state index is 0.0359. The van der Waals surface area contributed by atoms with Crippen molar-refractivity contribution in [1.29, 1.82) is 0 Å². The summed E-state index contributed by atoms with van der Waals surface area (Å²) < 4.78 is 5.95. The molecule has 0 radical (unpaired) electrons. The molecule has 2 aromatic rings. The third-order valence-corrected chi connectivity index (χ3v) is 3.88. The van der Waals surface area contributed by atoms with Crippen LogP contribution in [0.4, 0.5) is 0 Å². The van der Waals surface area contributed by atoms with Gasteiger partial charge in [-0.3, -0.25) is 9.78 Å². The lowest BCUT2D eigenvalue weighted by Crippen LogP contribution is -2.41. The van der Waals surface area contributed by atoms with Crippen LogP contribution in [0.3, 0.4) is 0 Å². The number of para-hydroxylation sites is 1. The van der Waals surface area contributed by atoms with Gasteiger partial charge in [0.1, 0.15) is 11.9 Å². The van der Waals surface area contributed by atoms with Crippen LogP contribution in [0.25, 0.3) is 6.08 Å². The van der Waals surface area contributed by atoms with Crippen LogP contribution in [0.5, 0.6) is 5.75 Å². The smallest absolute Gasteiger partial charge is 0.246 e. The Balaban J connectivity index is 1.48. The van der Waals surface area contributed by atoms with E-state index in [1.165, 1.54) is 0 Å². The highest BCUT2D eigenvalue weighted by molar-refractivity contribution is 5.91. The summed E-state index contributed by atoms with van der Waals surface area (Å²) in [5.41, 5.74) is 0.795. The number of rotatable bonds is 4. The Morgan fingerprint density at radius 2 is 1.83 bits per heavy atom. The molecule has 0 saturated carbocycles. The molecule has 23 heavy (non-hydrogen) atoms. The molecule has 0 N–H and O–H groups in total. The van der Waals surface area contributed by atoms with E-state index in [1.54, 1.807) is 18.3 Å². The molecule has 0 bridgehead atoms. The Labute approximate surface area is 136 Å². The van der Waals surface area contributed by atoms with Gasteiger partial charge in [0.25, 0.3) is 0 Å². The summed E-state index contributed by atoms with van der Waals surface area (Å²) in [6, 6.07) is 15.5. The molecule has 1 aliphatic rings. The van der Waals surface area contributed by atoms with Gasteiger partial charge in [-0.05, 0) is 30.3 Å². The van der Waals surface area contributed by atoms with Crippen molar-refractivity contribution in [1.82, 2.24) is 9.88 Å². The van der Waals surface area contributed by atoms with E-state index >= 15 is 0 Å². The fourth-order valence-corrected chi connectivity index (χ4v) is 2.62. The normalized spacial score (nSPS) is 15.7. The van der Waals surface area contributed by atoms with Gasteiger partial charge < -0.3 is 9.64 Å². The molecule has 4 nitrogen and oxygen atoms in total. The third-order valence-electron chi connectivity index (χ3n) is 3.88. The first-order chi connectivity index (χ1) is 11.3. The molecule has 3 rings (SSSR count). The average molecular weight is 308 g/mol. The minimum Gasteiger partial charge on any atom is -0.490 e. The van der Waals surface area contributed by atoms with Gasteiger partial charge in [-0.15, -0.1) is 0 Å². The standard InChI is InChI=1S/C19H20N2O2/c22-19(10-9-16-6-4-5-13-20-16)21-14-11-18(12-15-21)23-17-7-2-1-3-8-17/h1-10,13,18H,11-12,14-15H2. The van der Waals surface area contributed by atoms with Crippen LogP contribution >= 0.6 is 0 Å². The minimum atomic E-state index is 0.0359. The number of hydrogen-bond donors (Lipinski definition) is 0. The van der Waals surface area contributed by atoms with Crippen molar-refractivity contribution in [3.05, 3.63) is 66.5 Å². The molecule has 0 spiro atoms. The van der Waals surface area contributed by atoms with Gasteiger partial charge in [-0.2, -0.15) is 0 Å². The molecular formula is C19H20N2O2. The van der Waals surface area contributed by atoms with Crippen LogP contribution in [0, 0.1) is 0 Å². The van der Waals surface area contributed by atoms with Crippen molar-refractivity contribution in [2.45, 2.75) is 18.9 Å². The van der Waals surface area contributed by atoms with Crippen molar-refractivity contribution in [3.8, 4) is 5.75 Å². The quantitative estimate of drug-likeness (QED) is 0.815. The highest BCUT2D eigenvalue weighted by Crippen LogP contribution is 2.18. The summed E-state index contributed by atoms with van der Waals surface area (Å²) in [5.74, 6) is 0.932. The summed E-state index contributed by atoms with van der Waals surface area (Å²) in [5, 5.41) is 0. The Kier molecular flexibility index (Phi) is 5.04. The van der Waals surface area contributed by atoms with Gasteiger partial charge in [0.15, 0.2) is 0 Å². The Morgan fingerprint density at radius 1 is 1.09 bits per heavy atom. The van der Waals surface area contributed by atoms with Gasteiger partial charge in [-0.25, -0.2) is 0 Å². The number of hydrogen-bond acceptors (Lipinski definition) is 3. The summed E-state index contributed by atoms with van der Waals surface area (Å²) in [4.78, 5) is 18.2. The number of carbonyl (C=O) groups is 1. The van der Waals surface area contributed by atoms with Crippen molar-refractivity contribution < 1.29 is 9.53 Å². The second-order valence-corrected chi connectivity index (χ2v) is 5.54. The second kappa shape index (κ2) is 7.58. The number of aromatic nitrogens is 1. The molecule has 0 aliphatic carbocycles. The molecule has 0 unspecified atom stereocenters. The van der Waals surface area contributed by atoms with E-state index in [-0.39, 0.29) is 12.0 Å². The van der Waals surface area contributed by atoms with Gasteiger partial charge >= 0.3 is 0 Å². The van der Waals surface area contributed by atoms with Crippen molar-refractivity contribution in [2.75, 3.05) is 13.1 Å². The third kappa shape index (κ3) is 4.42. The Bertz CT molecular complexity index is 648. The number of pyridine rings is 1. The highest BCUT2D eigenvalue weighted by Gasteiger charge is 2.22. The van der Waals surface area contributed by atoms with E-state index in [0.717, 1.165) is 37.4 Å². The second-order valence-electron chi connectivity index (χ2n) is 5.54. The van der Waals surface area contributed by atoms with Crippen LogP contribution < -0.4 is 4.74 Å². The maximum atomic E-state index is 12.2. The number of ether oxygens (including phenoxy) is 1. The van der Waals surface area contributed by atoms with E-state index < -0.39 is 0 Å². The van der Waals surface area contributed by atoms with Crippen molar-refractivity contribution >= 4 is 12.0 Å². The van der Waals surface area contributed by atoms with Gasteiger partial charge in [0, 0.05) is 38.2 Å². The fraction of sp³-hybridized carbons (Fsp3) is 0.263. The largest absolute Gasteiger partial charge is 0.490 e. The topological polar surface area (TPSA) is 42.4 Å². The predicted octanol–water partition coefficient (Wildman–Crippen LogP) is 3.16. The molecule has 2 heterocycles. The lowest BCUT2D eigenvalue weighted by molar-refractivity contribution is -0.127. The predicted molar refractivity (Wildman–Crippen MR) is 89.9 cm³/mol. The van der Waals surface area contributed by atoms with E-state index in [9.17, 15) is 4.79 Å². The average Bonchev–Trinajstić information content (AvgIpc) is 2.62. The molecule has 0 atom stereocenters. The summed E-state index contributed by atoms with van der Waals surface area (Å²) in [6.07, 6.45) is 6.98. The lowest BCUT2D eigenvalue weighted by Gasteiger charge is -2.31. The maximum absolute atomic E-state index is 12.2. The molecule has 1 aliphatic heterocycles. The van der Waals surface area contributed by atoms with Crippen LogP contribution in [-0.4, -0.2) is 35.0 Å². The van der Waals surface area contributed by atoms with Gasteiger partial charge in [-0.1, -0.05) is 24.3 Å². The molecule has 4 heteroatoms. The maximum Gasteiger partial charge on any atom is 0.246 e.